The van der Waals surface area contributed by atoms with Gasteiger partial charge in [0, 0.05) is 18.9 Å². The van der Waals surface area contributed by atoms with Gasteiger partial charge in [-0.15, -0.1) is 0 Å². The molecule has 0 bridgehead atoms. The molecule has 2 aromatic heterocycles. The molecule has 3 nitrogen and oxygen atoms in total. The summed E-state index contributed by atoms with van der Waals surface area (Å²) in [6.07, 6.45) is 7.53. The largest absolute Gasteiger partial charge is 0.282 e. The second-order valence-electron chi connectivity index (χ2n) is 9.49. The maximum atomic E-state index is 4.93. The maximum absolute atomic E-state index is 4.93. The highest BCUT2D eigenvalue weighted by Crippen LogP contribution is 2.43. The van der Waals surface area contributed by atoms with Gasteiger partial charge in [-0.1, -0.05) is 35.9 Å². The van der Waals surface area contributed by atoms with Crippen LogP contribution in [0.2, 0.25) is 0 Å². The molecule has 3 heterocycles. The van der Waals surface area contributed by atoms with Crippen molar-refractivity contribution in [3.8, 4) is 0 Å². The predicted octanol–water partition coefficient (Wildman–Crippen LogP) is 6.80. The molecule has 1 aliphatic rings. The van der Waals surface area contributed by atoms with E-state index in [0.29, 0.717) is 12.1 Å². The molecule has 0 spiro atoms. The number of benzene rings is 1. The molecule has 3 aromatic rings. The van der Waals surface area contributed by atoms with Gasteiger partial charge in [-0.25, -0.2) is 0 Å². The number of pyridine rings is 2. The minimum Gasteiger partial charge on any atom is -0.282 e. The van der Waals surface area contributed by atoms with E-state index in [2.05, 4.69) is 76.8 Å². The molecule has 2 atom stereocenters. The number of hydrogen-bond acceptors (Lipinski definition) is 3. The van der Waals surface area contributed by atoms with Crippen LogP contribution in [-0.4, -0.2) is 14.9 Å². The van der Waals surface area contributed by atoms with E-state index < -0.39 is 0 Å². The molecule has 0 radical (unpaired) electrons. The van der Waals surface area contributed by atoms with Crippen LogP contribution in [0.25, 0.3) is 0 Å². The Bertz CT molecular complexity index is 1030. The first-order valence-electron chi connectivity index (χ1n) is 11.5. The van der Waals surface area contributed by atoms with Crippen LogP contribution in [0.4, 0.5) is 0 Å². The molecule has 0 amide bonds. The summed E-state index contributed by atoms with van der Waals surface area (Å²) in [6, 6.07) is 12.0. The lowest BCUT2D eigenvalue weighted by atomic mass is 9.87. The second kappa shape index (κ2) is 8.92. The normalized spacial score (nSPS) is 19.5. The van der Waals surface area contributed by atoms with E-state index in [1.165, 1.54) is 56.8 Å². The van der Waals surface area contributed by atoms with Gasteiger partial charge in [0.2, 0.25) is 0 Å². The summed E-state index contributed by atoms with van der Waals surface area (Å²) in [5, 5.41) is 0. The molecular weight excluding hydrogens is 378 g/mol. The molecule has 4 rings (SSSR count). The number of aromatic nitrogens is 2. The summed E-state index contributed by atoms with van der Waals surface area (Å²) in [5.41, 5.74) is 11.6. The average Bonchev–Trinajstić information content (AvgIpc) is 2.71. The van der Waals surface area contributed by atoms with Gasteiger partial charge in [0.25, 0.3) is 0 Å². The van der Waals surface area contributed by atoms with Gasteiger partial charge >= 0.3 is 0 Å². The van der Waals surface area contributed by atoms with E-state index in [4.69, 9.17) is 9.97 Å². The van der Waals surface area contributed by atoms with E-state index in [-0.39, 0.29) is 0 Å². The molecule has 3 heteroatoms. The molecule has 1 saturated heterocycles. The van der Waals surface area contributed by atoms with Crippen molar-refractivity contribution in [1.82, 2.24) is 14.9 Å². The highest BCUT2D eigenvalue weighted by Gasteiger charge is 2.35. The minimum atomic E-state index is 0.308. The maximum Gasteiger partial charge on any atom is 0.0605 e. The molecule has 0 saturated carbocycles. The summed E-state index contributed by atoms with van der Waals surface area (Å²) in [4.78, 5) is 12.5. The van der Waals surface area contributed by atoms with E-state index in [9.17, 15) is 0 Å². The highest BCUT2D eigenvalue weighted by molar-refractivity contribution is 5.33. The third kappa shape index (κ3) is 4.57. The molecular formula is C28H35N3. The Morgan fingerprint density at radius 1 is 0.710 bits per heavy atom. The van der Waals surface area contributed by atoms with Gasteiger partial charge in [-0.3, -0.25) is 14.9 Å². The SMILES string of the molecule is Cc1ccc(CN2C(c3ncc(C)cc3C)CCCC2c2ncc(C)cc2C)c(C)c1. The number of hydrogen-bond donors (Lipinski definition) is 0. The van der Waals surface area contributed by atoms with Crippen LogP contribution in [0.3, 0.4) is 0 Å². The minimum absolute atomic E-state index is 0.308. The van der Waals surface area contributed by atoms with Gasteiger partial charge < -0.3 is 0 Å². The lowest BCUT2D eigenvalue weighted by Gasteiger charge is -2.43. The quantitative estimate of drug-likeness (QED) is 0.471. The van der Waals surface area contributed by atoms with Gasteiger partial charge in [0.05, 0.1) is 23.5 Å². The van der Waals surface area contributed by atoms with Crippen molar-refractivity contribution in [1.29, 1.82) is 0 Å². The summed E-state index contributed by atoms with van der Waals surface area (Å²) in [6.45, 7) is 14.0. The number of piperidine rings is 1. The van der Waals surface area contributed by atoms with Crippen molar-refractivity contribution >= 4 is 0 Å². The molecule has 1 aromatic carbocycles. The first-order chi connectivity index (χ1) is 14.8. The van der Waals surface area contributed by atoms with Crippen molar-refractivity contribution in [2.24, 2.45) is 0 Å². The molecule has 31 heavy (non-hydrogen) atoms. The summed E-state index contributed by atoms with van der Waals surface area (Å²) < 4.78 is 0. The Morgan fingerprint density at radius 2 is 1.23 bits per heavy atom. The smallest absolute Gasteiger partial charge is 0.0605 e. The van der Waals surface area contributed by atoms with Crippen LogP contribution in [-0.2, 0) is 6.54 Å². The zero-order valence-corrected chi connectivity index (χ0v) is 19.9. The number of aryl methyl sites for hydroxylation is 6. The van der Waals surface area contributed by atoms with Gasteiger partial charge in [-0.2, -0.15) is 0 Å². The lowest BCUT2D eigenvalue weighted by molar-refractivity contribution is 0.0676. The third-order valence-electron chi connectivity index (χ3n) is 6.75. The van der Waals surface area contributed by atoms with Crippen LogP contribution >= 0.6 is 0 Å². The zero-order chi connectivity index (χ0) is 22.1. The first-order valence-corrected chi connectivity index (χ1v) is 11.5. The van der Waals surface area contributed by atoms with Crippen molar-refractivity contribution in [2.75, 3.05) is 0 Å². The topological polar surface area (TPSA) is 29.0 Å². The van der Waals surface area contributed by atoms with Crippen LogP contribution < -0.4 is 0 Å². The standard InChI is InChI=1S/C28H35N3/c1-18-10-11-24(21(4)12-18)17-31-25(27-22(5)13-19(2)15-29-27)8-7-9-26(31)28-23(6)14-20(3)16-30-28/h10-16,25-26H,7-9,17H2,1-6H3. The van der Waals surface area contributed by atoms with Gasteiger partial charge in [-0.05, 0) is 94.2 Å². The van der Waals surface area contributed by atoms with Crippen molar-refractivity contribution in [3.05, 3.63) is 93.1 Å². The first kappa shape index (κ1) is 21.7. The Hall–Kier alpha value is -2.52. The Balaban J connectivity index is 1.79. The second-order valence-corrected chi connectivity index (χ2v) is 9.49. The predicted molar refractivity (Wildman–Crippen MR) is 128 cm³/mol. The fourth-order valence-corrected chi connectivity index (χ4v) is 5.23. The van der Waals surface area contributed by atoms with E-state index in [1.807, 2.05) is 12.4 Å². The van der Waals surface area contributed by atoms with E-state index in [1.54, 1.807) is 0 Å². The fourth-order valence-electron chi connectivity index (χ4n) is 5.23. The average molecular weight is 414 g/mol. The van der Waals surface area contributed by atoms with Crippen molar-refractivity contribution in [2.45, 2.75) is 79.4 Å². The highest BCUT2D eigenvalue weighted by atomic mass is 15.2. The Labute approximate surface area is 187 Å². The van der Waals surface area contributed by atoms with Gasteiger partial charge in [0.15, 0.2) is 0 Å². The molecule has 1 fully saturated rings. The lowest BCUT2D eigenvalue weighted by Crippen LogP contribution is -2.37. The Morgan fingerprint density at radius 3 is 1.71 bits per heavy atom. The summed E-state index contributed by atoms with van der Waals surface area (Å²) >= 11 is 0. The fraction of sp³-hybridized carbons (Fsp3) is 0.429. The van der Waals surface area contributed by atoms with Crippen LogP contribution in [0.1, 0.15) is 81.7 Å². The summed E-state index contributed by atoms with van der Waals surface area (Å²) in [5.74, 6) is 0. The zero-order valence-electron chi connectivity index (χ0n) is 19.9. The van der Waals surface area contributed by atoms with Crippen LogP contribution in [0.5, 0.6) is 0 Å². The molecule has 0 aliphatic carbocycles. The third-order valence-corrected chi connectivity index (χ3v) is 6.75. The molecule has 0 N–H and O–H groups in total. The molecule has 1 aliphatic heterocycles. The molecule has 2 unspecified atom stereocenters. The number of likely N-dealkylation sites (tertiary alicyclic amines) is 1. The van der Waals surface area contributed by atoms with Crippen LogP contribution in [0.15, 0.2) is 42.7 Å². The molecule has 162 valence electrons. The Kier molecular flexibility index (Phi) is 6.24. The number of nitrogens with zero attached hydrogens (tertiary/aromatic N) is 3. The van der Waals surface area contributed by atoms with Crippen LogP contribution in [0, 0.1) is 41.5 Å². The van der Waals surface area contributed by atoms with Crippen molar-refractivity contribution < 1.29 is 0 Å². The monoisotopic (exact) mass is 413 g/mol. The van der Waals surface area contributed by atoms with Gasteiger partial charge in [0.1, 0.15) is 0 Å². The van der Waals surface area contributed by atoms with E-state index >= 15 is 0 Å². The van der Waals surface area contributed by atoms with E-state index in [0.717, 1.165) is 19.4 Å². The summed E-state index contributed by atoms with van der Waals surface area (Å²) in [7, 11) is 0. The number of rotatable bonds is 4. The van der Waals surface area contributed by atoms with Crippen molar-refractivity contribution in [3.63, 3.8) is 0 Å².